The Bertz CT molecular complexity index is 681. The summed E-state index contributed by atoms with van der Waals surface area (Å²) >= 11 is 0. The fraction of sp³-hybridized carbons (Fsp3) is 0.400. The van der Waals surface area contributed by atoms with E-state index in [0.717, 1.165) is 37.8 Å². The Kier molecular flexibility index (Phi) is 4.13. The molecule has 1 aromatic carbocycles. The highest BCUT2D eigenvalue weighted by Gasteiger charge is 2.22. The van der Waals surface area contributed by atoms with Crippen LogP contribution in [0.25, 0.3) is 0 Å². The molecule has 0 radical (unpaired) electrons. The van der Waals surface area contributed by atoms with E-state index >= 15 is 0 Å². The Hall–Kier alpha value is -2.31. The van der Waals surface area contributed by atoms with E-state index in [1.807, 2.05) is 0 Å². The van der Waals surface area contributed by atoms with Crippen molar-refractivity contribution in [3.05, 3.63) is 41.3 Å². The van der Waals surface area contributed by atoms with Crippen LogP contribution in [0.15, 0.2) is 22.6 Å². The van der Waals surface area contributed by atoms with Crippen molar-refractivity contribution in [2.24, 2.45) is 0 Å². The molecule has 1 saturated carbocycles. The molecule has 0 spiro atoms. The molecule has 1 N–H and O–H groups in total. The second-order valence-electron chi connectivity index (χ2n) is 5.36. The molecule has 22 heavy (non-hydrogen) atoms. The number of aromatic nitrogens is 2. The number of hydrogen-bond acceptors (Lipinski definition) is 4. The molecule has 0 unspecified atom stereocenters. The van der Waals surface area contributed by atoms with Gasteiger partial charge in [-0.3, -0.25) is 10.1 Å². The molecule has 0 atom stereocenters. The first-order valence-corrected chi connectivity index (χ1v) is 7.23. The van der Waals surface area contributed by atoms with Gasteiger partial charge in [-0.2, -0.15) is 0 Å². The van der Waals surface area contributed by atoms with Gasteiger partial charge in [-0.25, -0.2) is 8.78 Å². The molecule has 1 fully saturated rings. The quantitative estimate of drug-likeness (QED) is 0.940. The zero-order valence-corrected chi connectivity index (χ0v) is 11.8. The number of benzene rings is 1. The number of amides is 1. The Morgan fingerprint density at radius 2 is 1.91 bits per heavy atom. The van der Waals surface area contributed by atoms with Crippen LogP contribution in [-0.2, 0) is 0 Å². The maximum atomic E-state index is 13.1. The molecule has 5 nitrogen and oxygen atoms in total. The summed E-state index contributed by atoms with van der Waals surface area (Å²) in [4.78, 5) is 11.9. The minimum Gasteiger partial charge on any atom is -0.408 e. The van der Waals surface area contributed by atoms with E-state index in [1.165, 1.54) is 12.5 Å². The van der Waals surface area contributed by atoms with E-state index < -0.39 is 17.5 Å². The van der Waals surface area contributed by atoms with E-state index in [9.17, 15) is 13.6 Å². The van der Waals surface area contributed by atoms with E-state index in [0.29, 0.717) is 5.89 Å². The van der Waals surface area contributed by atoms with Gasteiger partial charge in [-0.1, -0.05) is 24.4 Å². The topological polar surface area (TPSA) is 68.0 Å². The molecule has 3 rings (SSSR count). The smallest absolute Gasteiger partial charge is 0.322 e. The summed E-state index contributed by atoms with van der Waals surface area (Å²) in [5.41, 5.74) is -0.0173. The number of nitrogens with zero attached hydrogens (tertiary/aromatic N) is 2. The van der Waals surface area contributed by atoms with E-state index in [1.54, 1.807) is 0 Å². The van der Waals surface area contributed by atoms with Gasteiger partial charge in [0.15, 0.2) is 11.6 Å². The monoisotopic (exact) mass is 307 g/mol. The molecular formula is C15H15F2N3O2. The highest BCUT2D eigenvalue weighted by molar-refractivity contribution is 6.03. The zero-order chi connectivity index (χ0) is 15.5. The predicted molar refractivity (Wildman–Crippen MR) is 74.4 cm³/mol. The lowest BCUT2D eigenvalue weighted by Gasteiger charge is -2.17. The Labute approximate surface area is 125 Å². The Balaban J connectivity index is 1.68. The third-order valence-corrected chi connectivity index (χ3v) is 3.80. The fourth-order valence-corrected chi connectivity index (χ4v) is 2.61. The van der Waals surface area contributed by atoms with Crippen LogP contribution in [-0.4, -0.2) is 16.1 Å². The predicted octanol–water partition coefficient (Wildman–Crippen LogP) is 3.65. The maximum Gasteiger partial charge on any atom is 0.322 e. The van der Waals surface area contributed by atoms with Gasteiger partial charge in [-0.15, -0.1) is 5.10 Å². The molecule has 1 heterocycles. The normalized spacial score (nSPS) is 15.7. The molecule has 1 aliphatic carbocycles. The standard InChI is InChI=1S/C15H15F2N3O2/c16-11-7-6-10(8-12(11)17)13(21)18-15-20-19-14(22-15)9-4-2-1-3-5-9/h6-9H,1-5H2,(H,18,20,21). The van der Waals surface area contributed by atoms with Crippen molar-refractivity contribution >= 4 is 11.9 Å². The van der Waals surface area contributed by atoms with Crippen LogP contribution in [0.2, 0.25) is 0 Å². The number of hydrogen-bond donors (Lipinski definition) is 1. The Morgan fingerprint density at radius 3 is 2.64 bits per heavy atom. The second kappa shape index (κ2) is 6.21. The van der Waals surface area contributed by atoms with Gasteiger partial charge in [0, 0.05) is 11.5 Å². The van der Waals surface area contributed by atoms with Crippen molar-refractivity contribution in [2.45, 2.75) is 38.0 Å². The van der Waals surface area contributed by atoms with E-state index in [2.05, 4.69) is 15.5 Å². The van der Waals surface area contributed by atoms with Crippen LogP contribution in [0, 0.1) is 11.6 Å². The van der Waals surface area contributed by atoms with Crippen molar-refractivity contribution in [2.75, 3.05) is 5.32 Å². The second-order valence-corrected chi connectivity index (χ2v) is 5.36. The number of carbonyl (C=O) groups is 1. The summed E-state index contributed by atoms with van der Waals surface area (Å²) in [6.07, 6.45) is 5.47. The van der Waals surface area contributed by atoms with Crippen LogP contribution in [0.3, 0.4) is 0 Å². The summed E-state index contributed by atoms with van der Waals surface area (Å²) in [5.74, 6) is -1.97. The minimum absolute atomic E-state index is 0.0173. The van der Waals surface area contributed by atoms with Crippen molar-refractivity contribution in [1.82, 2.24) is 10.2 Å². The molecule has 0 bridgehead atoms. The van der Waals surface area contributed by atoms with Crippen molar-refractivity contribution in [3.63, 3.8) is 0 Å². The molecule has 7 heteroatoms. The number of rotatable bonds is 3. The first-order chi connectivity index (χ1) is 10.6. The average molecular weight is 307 g/mol. The Morgan fingerprint density at radius 1 is 1.14 bits per heavy atom. The number of carbonyl (C=O) groups excluding carboxylic acids is 1. The molecule has 1 amide bonds. The maximum absolute atomic E-state index is 13.1. The number of halogens is 2. The third kappa shape index (κ3) is 3.13. The lowest BCUT2D eigenvalue weighted by Crippen LogP contribution is -2.12. The highest BCUT2D eigenvalue weighted by atomic mass is 19.2. The van der Waals surface area contributed by atoms with Gasteiger partial charge in [0.25, 0.3) is 5.91 Å². The molecule has 1 aromatic heterocycles. The van der Waals surface area contributed by atoms with Crippen LogP contribution in [0.5, 0.6) is 0 Å². The van der Waals surface area contributed by atoms with Gasteiger partial charge >= 0.3 is 6.01 Å². The molecular weight excluding hydrogens is 292 g/mol. The SMILES string of the molecule is O=C(Nc1nnc(C2CCCCC2)o1)c1ccc(F)c(F)c1. The highest BCUT2D eigenvalue weighted by Crippen LogP contribution is 2.32. The van der Waals surface area contributed by atoms with Crippen molar-refractivity contribution in [3.8, 4) is 0 Å². The first kappa shape index (κ1) is 14.6. The molecule has 1 aliphatic rings. The lowest BCUT2D eigenvalue weighted by atomic mass is 9.89. The summed E-state index contributed by atoms with van der Waals surface area (Å²) < 4.78 is 31.4. The molecule has 0 saturated heterocycles. The molecule has 116 valence electrons. The average Bonchev–Trinajstić information content (AvgIpc) is 2.99. The van der Waals surface area contributed by atoms with Gasteiger partial charge < -0.3 is 4.42 Å². The molecule has 2 aromatic rings. The summed E-state index contributed by atoms with van der Waals surface area (Å²) in [6, 6.07) is 2.87. The summed E-state index contributed by atoms with van der Waals surface area (Å²) in [6.45, 7) is 0. The summed E-state index contributed by atoms with van der Waals surface area (Å²) in [5, 5.41) is 10.1. The van der Waals surface area contributed by atoms with Gasteiger partial charge in [-0.05, 0) is 31.0 Å². The van der Waals surface area contributed by atoms with Gasteiger partial charge in [0.1, 0.15) is 0 Å². The van der Waals surface area contributed by atoms with Gasteiger partial charge in [0.05, 0.1) is 0 Å². The van der Waals surface area contributed by atoms with E-state index in [4.69, 9.17) is 4.42 Å². The zero-order valence-electron chi connectivity index (χ0n) is 11.8. The van der Waals surface area contributed by atoms with Gasteiger partial charge in [0.2, 0.25) is 5.89 Å². The van der Waals surface area contributed by atoms with Crippen molar-refractivity contribution in [1.29, 1.82) is 0 Å². The largest absolute Gasteiger partial charge is 0.408 e. The third-order valence-electron chi connectivity index (χ3n) is 3.80. The minimum atomic E-state index is -1.08. The fourth-order valence-electron chi connectivity index (χ4n) is 2.61. The number of anilines is 1. The van der Waals surface area contributed by atoms with Crippen LogP contribution in [0.1, 0.15) is 54.3 Å². The molecule has 0 aliphatic heterocycles. The summed E-state index contributed by atoms with van der Waals surface area (Å²) in [7, 11) is 0. The lowest BCUT2D eigenvalue weighted by molar-refractivity contribution is 0.102. The van der Waals surface area contributed by atoms with Crippen LogP contribution < -0.4 is 5.32 Å². The van der Waals surface area contributed by atoms with Crippen molar-refractivity contribution < 1.29 is 18.0 Å². The number of nitrogens with one attached hydrogen (secondary N) is 1. The first-order valence-electron chi connectivity index (χ1n) is 7.23. The van der Waals surface area contributed by atoms with Crippen LogP contribution in [0.4, 0.5) is 14.8 Å². The van der Waals surface area contributed by atoms with Crippen LogP contribution >= 0.6 is 0 Å². The van der Waals surface area contributed by atoms with E-state index in [-0.39, 0.29) is 17.5 Å².